The zero-order valence-electron chi connectivity index (χ0n) is 14.6. The van der Waals surface area contributed by atoms with Crippen molar-refractivity contribution < 1.29 is 13.6 Å². The summed E-state index contributed by atoms with van der Waals surface area (Å²) in [4.78, 5) is 17.9. The van der Waals surface area contributed by atoms with Gasteiger partial charge in [0.15, 0.2) is 0 Å². The minimum Gasteiger partial charge on any atom is -0.362 e. The maximum absolute atomic E-state index is 14.8. The van der Waals surface area contributed by atoms with Crippen LogP contribution in [0.25, 0.3) is 5.69 Å². The van der Waals surface area contributed by atoms with Gasteiger partial charge >= 0.3 is 0 Å². The summed E-state index contributed by atoms with van der Waals surface area (Å²) in [5.41, 5.74) is 1.15. The highest BCUT2D eigenvalue weighted by molar-refractivity contribution is 6.30. The predicted octanol–water partition coefficient (Wildman–Crippen LogP) is 3.05. The normalized spacial score (nSPS) is 22.3. The Morgan fingerprint density at radius 3 is 2.70 bits per heavy atom. The lowest BCUT2D eigenvalue weighted by molar-refractivity contribution is -0.142. The van der Waals surface area contributed by atoms with Crippen molar-refractivity contribution in [1.29, 1.82) is 0 Å². The van der Waals surface area contributed by atoms with Crippen molar-refractivity contribution in [1.82, 2.24) is 20.1 Å². The summed E-state index contributed by atoms with van der Waals surface area (Å²) in [5.74, 6) is -4.95. The van der Waals surface area contributed by atoms with Gasteiger partial charge in [0.05, 0.1) is 35.3 Å². The molecule has 27 heavy (non-hydrogen) atoms. The Bertz CT molecular complexity index is 839. The maximum atomic E-state index is 14.8. The first kappa shape index (κ1) is 18.2. The van der Waals surface area contributed by atoms with Crippen LogP contribution in [0, 0.1) is 5.92 Å². The van der Waals surface area contributed by atoms with Gasteiger partial charge in [0.1, 0.15) is 5.92 Å². The van der Waals surface area contributed by atoms with Crippen LogP contribution in [0.2, 0.25) is 5.02 Å². The average molecular weight is 396 g/mol. The molecule has 2 aliphatic rings. The molecule has 6 nitrogen and oxygen atoms in total. The summed E-state index contributed by atoms with van der Waals surface area (Å²) in [6.07, 6.45) is 9.08. The lowest BCUT2D eigenvalue weighted by atomic mass is 9.88. The van der Waals surface area contributed by atoms with E-state index in [2.05, 4.69) is 15.4 Å². The number of hydrogen-bond acceptors (Lipinski definition) is 4. The standard InChI is InChI=1S/C18H20ClF2N5O/c19-12-8-23-26(10-12)15-4-6-22-9-16(15)25-7-5-14(18(20,21)11-25)17(27)24-13-2-1-3-13/h4,6,8-10,13-14H,1-3,5,7,11H2,(H,24,27). The zero-order chi connectivity index (χ0) is 19.0. The van der Waals surface area contributed by atoms with Crippen molar-refractivity contribution in [3.63, 3.8) is 0 Å². The molecule has 4 rings (SSSR count). The van der Waals surface area contributed by atoms with Crippen LogP contribution in [0.3, 0.4) is 0 Å². The number of aromatic nitrogens is 3. The number of amides is 1. The van der Waals surface area contributed by atoms with E-state index in [9.17, 15) is 13.6 Å². The molecule has 0 aromatic carbocycles. The number of rotatable bonds is 4. The molecule has 1 aliphatic heterocycles. The van der Waals surface area contributed by atoms with Gasteiger partial charge in [-0.05, 0) is 31.7 Å². The number of carbonyl (C=O) groups excluding carboxylic acids is 1. The number of alkyl halides is 2. The third-order valence-corrected chi connectivity index (χ3v) is 5.48. The molecule has 0 spiro atoms. The smallest absolute Gasteiger partial charge is 0.276 e. The quantitative estimate of drug-likeness (QED) is 0.864. The second-order valence-electron chi connectivity index (χ2n) is 7.13. The number of halogens is 3. The molecule has 9 heteroatoms. The first-order chi connectivity index (χ1) is 12.9. The van der Waals surface area contributed by atoms with Crippen LogP contribution in [-0.2, 0) is 4.79 Å². The summed E-state index contributed by atoms with van der Waals surface area (Å²) >= 11 is 5.93. The first-order valence-corrected chi connectivity index (χ1v) is 9.39. The van der Waals surface area contributed by atoms with E-state index in [-0.39, 0.29) is 12.5 Å². The van der Waals surface area contributed by atoms with Crippen molar-refractivity contribution in [2.24, 2.45) is 5.92 Å². The van der Waals surface area contributed by atoms with E-state index in [1.165, 1.54) is 17.1 Å². The van der Waals surface area contributed by atoms with E-state index < -0.39 is 24.3 Å². The number of hydrogen-bond donors (Lipinski definition) is 1. The Morgan fingerprint density at radius 2 is 2.07 bits per heavy atom. The largest absolute Gasteiger partial charge is 0.362 e. The first-order valence-electron chi connectivity index (χ1n) is 9.02. The van der Waals surface area contributed by atoms with E-state index in [0.717, 1.165) is 19.3 Å². The van der Waals surface area contributed by atoms with Gasteiger partial charge in [0.25, 0.3) is 5.92 Å². The molecule has 1 saturated carbocycles. The highest BCUT2D eigenvalue weighted by Crippen LogP contribution is 2.37. The molecular formula is C18H20ClF2N5O. The summed E-state index contributed by atoms with van der Waals surface area (Å²) in [5, 5.41) is 7.36. The molecule has 0 radical (unpaired) electrons. The van der Waals surface area contributed by atoms with Gasteiger partial charge in [-0.3, -0.25) is 9.78 Å². The fraction of sp³-hybridized carbons (Fsp3) is 0.500. The third-order valence-electron chi connectivity index (χ3n) is 5.28. The molecule has 1 amide bonds. The number of nitrogens with zero attached hydrogens (tertiary/aromatic N) is 4. The number of carbonyl (C=O) groups is 1. The minimum atomic E-state index is -3.12. The number of pyridine rings is 1. The molecule has 2 fully saturated rings. The highest BCUT2D eigenvalue weighted by atomic mass is 35.5. The van der Waals surface area contributed by atoms with Gasteiger partial charge < -0.3 is 10.2 Å². The SMILES string of the molecule is O=C(NC1CCC1)C1CCN(c2cnccc2-n2cc(Cl)cn2)CC1(F)F. The van der Waals surface area contributed by atoms with Crippen LogP contribution >= 0.6 is 11.6 Å². The molecule has 2 aromatic rings. The van der Waals surface area contributed by atoms with Gasteiger partial charge in [-0.1, -0.05) is 11.6 Å². The van der Waals surface area contributed by atoms with Crippen LogP contribution < -0.4 is 10.2 Å². The molecule has 0 bridgehead atoms. The van der Waals surface area contributed by atoms with Gasteiger partial charge in [-0.15, -0.1) is 0 Å². The fourth-order valence-electron chi connectivity index (χ4n) is 3.57. The van der Waals surface area contributed by atoms with Crippen LogP contribution in [-0.4, -0.2) is 45.7 Å². The molecule has 1 N–H and O–H groups in total. The van der Waals surface area contributed by atoms with E-state index in [0.29, 0.717) is 22.9 Å². The van der Waals surface area contributed by atoms with Crippen molar-refractivity contribution in [3.05, 3.63) is 35.9 Å². The predicted molar refractivity (Wildman–Crippen MR) is 97.4 cm³/mol. The lowest BCUT2D eigenvalue weighted by Crippen LogP contribution is -2.55. The van der Waals surface area contributed by atoms with Gasteiger partial charge in [0, 0.05) is 25.0 Å². The zero-order valence-corrected chi connectivity index (χ0v) is 15.4. The summed E-state index contributed by atoms with van der Waals surface area (Å²) in [7, 11) is 0. The molecule has 1 saturated heterocycles. The Labute approximate surface area is 160 Å². The summed E-state index contributed by atoms with van der Waals surface area (Å²) in [6, 6.07) is 1.76. The average Bonchev–Trinajstić information content (AvgIpc) is 3.03. The molecule has 1 unspecified atom stereocenters. The van der Waals surface area contributed by atoms with Crippen LogP contribution in [0.5, 0.6) is 0 Å². The van der Waals surface area contributed by atoms with Crippen molar-refractivity contribution in [3.8, 4) is 5.69 Å². The Morgan fingerprint density at radius 1 is 1.26 bits per heavy atom. The Kier molecular flexibility index (Phi) is 4.75. The van der Waals surface area contributed by atoms with E-state index in [1.807, 2.05) is 0 Å². The molecular weight excluding hydrogens is 376 g/mol. The van der Waals surface area contributed by atoms with Crippen molar-refractivity contribution in [2.75, 3.05) is 18.0 Å². The Balaban J connectivity index is 1.53. The lowest BCUT2D eigenvalue weighted by Gasteiger charge is -2.40. The fourth-order valence-corrected chi connectivity index (χ4v) is 3.71. The number of piperidine rings is 1. The number of nitrogens with one attached hydrogen (secondary N) is 1. The van der Waals surface area contributed by atoms with Crippen molar-refractivity contribution >= 4 is 23.2 Å². The van der Waals surface area contributed by atoms with Gasteiger partial charge in [-0.25, -0.2) is 13.5 Å². The number of anilines is 1. The molecule has 1 aliphatic carbocycles. The van der Waals surface area contributed by atoms with E-state index >= 15 is 0 Å². The van der Waals surface area contributed by atoms with Crippen LogP contribution in [0.4, 0.5) is 14.5 Å². The second kappa shape index (κ2) is 7.07. The van der Waals surface area contributed by atoms with Crippen molar-refractivity contribution in [2.45, 2.75) is 37.6 Å². The summed E-state index contributed by atoms with van der Waals surface area (Å²) in [6.45, 7) is -0.199. The van der Waals surface area contributed by atoms with Crippen LogP contribution in [0.1, 0.15) is 25.7 Å². The third kappa shape index (κ3) is 3.63. The highest BCUT2D eigenvalue weighted by Gasteiger charge is 2.49. The van der Waals surface area contributed by atoms with Crippen LogP contribution in [0.15, 0.2) is 30.9 Å². The molecule has 1 atom stereocenters. The van der Waals surface area contributed by atoms with Gasteiger partial charge in [0.2, 0.25) is 5.91 Å². The molecule has 2 aromatic heterocycles. The topological polar surface area (TPSA) is 63.1 Å². The summed E-state index contributed by atoms with van der Waals surface area (Å²) < 4.78 is 31.1. The second-order valence-corrected chi connectivity index (χ2v) is 7.56. The van der Waals surface area contributed by atoms with Gasteiger partial charge in [-0.2, -0.15) is 5.10 Å². The Hall–Kier alpha value is -2.22. The monoisotopic (exact) mass is 395 g/mol. The maximum Gasteiger partial charge on any atom is 0.276 e. The van der Waals surface area contributed by atoms with E-state index in [4.69, 9.17) is 11.6 Å². The molecule has 3 heterocycles. The molecule has 144 valence electrons. The minimum absolute atomic E-state index is 0.0563. The van der Waals surface area contributed by atoms with E-state index in [1.54, 1.807) is 23.4 Å².